The minimum Gasteiger partial charge on any atom is -0.481 e. The molecule has 0 spiro atoms. The predicted octanol–water partition coefficient (Wildman–Crippen LogP) is 1.76. The predicted molar refractivity (Wildman–Crippen MR) is 46.4 cm³/mol. The summed E-state index contributed by atoms with van der Waals surface area (Å²) in [6.45, 7) is 0. The van der Waals surface area contributed by atoms with Crippen LogP contribution < -0.4 is 0 Å². The van der Waals surface area contributed by atoms with Crippen LogP contribution in [-0.2, 0) is 4.79 Å². The molecule has 1 aliphatic rings. The summed E-state index contributed by atoms with van der Waals surface area (Å²) < 4.78 is 0. The van der Waals surface area contributed by atoms with E-state index in [2.05, 4.69) is 0 Å². The van der Waals surface area contributed by atoms with Crippen molar-refractivity contribution >= 4 is 11.7 Å². The lowest BCUT2D eigenvalue weighted by molar-refractivity contribution is -0.136. The van der Waals surface area contributed by atoms with Crippen LogP contribution in [-0.4, -0.2) is 16.8 Å². The van der Waals surface area contributed by atoms with E-state index in [9.17, 15) is 4.79 Å². The van der Waals surface area contributed by atoms with Crippen molar-refractivity contribution in [3.8, 4) is 0 Å². The zero-order valence-corrected chi connectivity index (χ0v) is 6.71. The monoisotopic (exact) mass is 165 g/mol. The molecule has 0 aromatic rings. The molecule has 0 heterocycles. The van der Waals surface area contributed by atoms with Crippen LogP contribution in [0.1, 0.15) is 19.3 Å². The van der Waals surface area contributed by atoms with E-state index < -0.39 is 5.97 Å². The van der Waals surface area contributed by atoms with Crippen molar-refractivity contribution in [3.05, 3.63) is 23.8 Å². The SMILES string of the molecule is N=C1C=CC(CC(=O)O)=CCC1. The summed E-state index contributed by atoms with van der Waals surface area (Å²) in [5, 5.41) is 15.8. The van der Waals surface area contributed by atoms with Crippen molar-refractivity contribution < 1.29 is 9.90 Å². The Morgan fingerprint density at radius 3 is 3.00 bits per heavy atom. The summed E-state index contributed by atoms with van der Waals surface area (Å²) in [5.74, 6) is -0.820. The van der Waals surface area contributed by atoms with Crippen molar-refractivity contribution in [2.75, 3.05) is 0 Å². The molecule has 0 saturated heterocycles. The van der Waals surface area contributed by atoms with Gasteiger partial charge in [-0.15, -0.1) is 0 Å². The van der Waals surface area contributed by atoms with Crippen LogP contribution in [0.4, 0.5) is 0 Å². The van der Waals surface area contributed by atoms with Crippen LogP contribution in [0.5, 0.6) is 0 Å². The molecule has 0 radical (unpaired) electrons. The second kappa shape index (κ2) is 3.85. The van der Waals surface area contributed by atoms with Gasteiger partial charge in [0.05, 0.1) is 6.42 Å². The van der Waals surface area contributed by atoms with Crippen molar-refractivity contribution in [2.45, 2.75) is 19.3 Å². The van der Waals surface area contributed by atoms with Crippen LogP contribution in [0.15, 0.2) is 23.8 Å². The molecule has 0 bridgehead atoms. The Balaban J connectivity index is 2.63. The molecule has 1 rings (SSSR count). The first-order valence-electron chi connectivity index (χ1n) is 3.85. The lowest BCUT2D eigenvalue weighted by Gasteiger charge is -1.93. The number of hydrogen-bond donors (Lipinski definition) is 2. The van der Waals surface area contributed by atoms with Crippen LogP contribution in [0.2, 0.25) is 0 Å². The van der Waals surface area contributed by atoms with Crippen molar-refractivity contribution in [1.82, 2.24) is 0 Å². The van der Waals surface area contributed by atoms with E-state index in [1.54, 1.807) is 12.2 Å². The van der Waals surface area contributed by atoms with Gasteiger partial charge in [0.15, 0.2) is 0 Å². The number of aliphatic carboxylic acids is 1. The Bertz CT molecular complexity index is 264. The molecular weight excluding hydrogens is 154 g/mol. The highest BCUT2D eigenvalue weighted by Gasteiger charge is 2.03. The van der Waals surface area contributed by atoms with E-state index in [0.29, 0.717) is 12.1 Å². The number of nitrogens with one attached hydrogen (secondary N) is 1. The molecule has 3 nitrogen and oxygen atoms in total. The summed E-state index contributed by atoms with van der Waals surface area (Å²) >= 11 is 0. The summed E-state index contributed by atoms with van der Waals surface area (Å²) in [6, 6.07) is 0. The summed E-state index contributed by atoms with van der Waals surface area (Å²) in [4.78, 5) is 10.3. The van der Waals surface area contributed by atoms with Gasteiger partial charge in [0.1, 0.15) is 0 Å². The Morgan fingerprint density at radius 2 is 2.33 bits per heavy atom. The standard InChI is InChI=1S/C9H11NO2/c10-8-3-1-2-7(4-5-8)6-9(11)12/h2,4-5,10H,1,3,6H2,(H,11,12). The van der Waals surface area contributed by atoms with Gasteiger partial charge in [0.25, 0.3) is 0 Å². The maximum absolute atomic E-state index is 10.3. The molecule has 64 valence electrons. The number of carboxylic acids is 1. The minimum atomic E-state index is -0.820. The van der Waals surface area contributed by atoms with E-state index in [4.69, 9.17) is 10.5 Å². The first-order chi connectivity index (χ1) is 5.68. The lowest BCUT2D eigenvalue weighted by Crippen LogP contribution is -1.95. The second-order valence-corrected chi connectivity index (χ2v) is 2.75. The highest BCUT2D eigenvalue weighted by atomic mass is 16.4. The smallest absolute Gasteiger partial charge is 0.307 e. The van der Waals surface area contributed by atoms with E-state index in [0.717, 1.165) is 12.0 Å². The molecule has 3 heteroatoms. The average molecular weight is 165 g/mol. The zero-order valence-electron chi connectivity index (χ0n) is 6.71. The molecule has 0 aromatic heterocycles. The normalized spacial score (nSPS) is 17.0. The fourth-order valence-corrected chi connectivity index (χ4v) is 1.08. The van der Waals surface area contributed by atoms with Gasteiger partial charge in [-0.2, -0.15) is 0 Å². The minimum absolute atomic E-state index is 0.0593. The van der Waals surface area contributed by atoms with Gasteiger partial charge in [-0.1, -0.05) is 12.2 Å². The third kappa shape index (κ3) is 2.70. The topological polar surface area (TPSA) is 61.2 Å². The van der Waals surface area contributed by atoms with Gasteiger partial charge in [0, 0.05) is 5.71 Å². The molecule has 0 atom stereocenters. The quantitative estimate of drug-likeness (QED) is 0.654. The number of carbonyl (C=O) groups is 1. The van der Waals surface area contributed by atoms with Crippen LogP contribution in [0.3, 0.4) is 0 Å². The third-order valence-corrected chi connectivity index (χ3v) is 1.67. The van der Waals surface area contributed by atoms with E-state index in [-0.39, 0.29) is 6.42 Å². The maximum Gasteiger partial charge on any atom is 0.307 e. The molecule has 12 heavy (non-hydrogen) atoms. The lowest BCUT2D eigenvalue weighted by atomic mass is 10.1. The highest BCUT2D eigenvalue weighted by molar-refractivity contribution is 5.93. The van der Waals surface area contributed by atoms with Gasteiger partial charge in [-0.25, -0.2) is 0 Å². The number of allylic oxidation sites excluding steroid dienone is 3. The first kappa shape index (κ1) is 8.71. The average Bonchev–Trinajstić information content (AvgIpc) is 2.15. The summed E-state index contributed by atoms with van der Waals surface area (Å²) in [7, 11) is 0. The third-order valence-electron chi connectivity index (χ3n) is 1.67. The van der Waals surface area contributed by atoms with Crippen LogP contribution >= 0.6 is 0 Å². The molecule has 0 aliphatic heterocycles. The van der Waals surface area contributed by atoms with Gasteiger partial charge < -0.3 is 10.5 Å². The number of rotatable bonds is 2. The highest BCUT2D eigenvalue weighted by Crippen LogP contribution is 2.11. The van der Waals surface area contributed by atoms with Crippen molar-refractivity contribution in [1.29, 1.82) is 5.41 Å². The summed E-state index contributed by atoms with van der Waals surface area (Å²) in [5.41, 5.74) is 1.36. The Morgan fingerprint density at radius 1 is 1.58 bits per heavy atom. The molecule has 2 N–H and O–H groups in total. The van der Waals surface area contributed by atoms with Crippen molar-refractivity contribution in [2.24, 2.45) is 0 Å². The molecule has 0 saturated carbocycles. The van der Waals surface area contributed by atoms with E-state index >= 15 is 0 Å². The largest absolute Gasteiger partial charge is 0.481 e. The molecule has 0 aromatic carbocycles. The Kier molecular flexibility index (Phi) is 2.80. The van der Waals surface area contributed by atoms with Gasteiger partial charge in [-0.05, 0) is 24.5 Å². The number of hydrogen-bond acceptors (Lipinski definition) is 2. The maximum atomic E-state index is 10.3. The van der Waals surface area contributed by atoms with Gasteiger partial charge in [0.2, 0.25) is 0 Å². The van der Waals surface area contributed by atoms with Gasteiger partial charge in [-0.3, -0.25) is 4.79 Å². The second-order valence-electron chi connectivity index (χ2n) is 2.75. The molecule has 0 amide bonds. The van der Waals surface area contributed by atoms with Crippen LogP contribution in [0, 0.1) is 5.41 Å². The summed E-state index contributed by atoms with van der Waals surface area (Å²) in [6.07, 6.45) is 6.80. The molecule has 1 aliphatic carbocycles. The fraction of sp³-hybridized carbons (Fsp3) is 0.333. The van der Waals surface area contributed by atoms with Crippen LogP contribution in [0.25, 0.3) is 0 Å². The van der Waals surface area contributed by atoms with Crippen molar-refractivity contribution in [3.63, 3.8) is 0 Å². The Labute approximate surface area is 70.9 Å². The molecule has 0 fully saturated rings. The first-order valence-corrected chi connectivity index (χ1v) is 3.85. The fourth-order valence-electron chi connectivity index (χ4n) is 1.08. The molecule has 0 unspecified atom stereocenters. The number of carboxylic acid groups (broad SMARTS) is 1. The molecular formula is C9H11NO2. The zero-order chi connectivity index (χ0) is 8.97. The Hall–Kier alpha value is -1.38. The van der Waals surface area contributed by atoms with E-state index in [1.165, 1.54) is 0 Å². The van der Waals surface area contributed by atoms with E-state index in [1.807, 2.05) is 6.08 Å². The van der Waals surface area contributed by atoms with Gasteiger partial charge >= 0.3 is 5.97 Å².